The van der Waals surface area contributed by atoms with E-state index < -0.39 is 0 Å². The summed E-state index contributed by atoms with van der Waals surface area (Å²) in [5.41, 5.74) is 2.56. The maximum absolute atomic E-state index is 6.07. The molecule has 0 radical (unpaired) electrons. The zero-order valence-corrected chi connectivity index (χ0v) is 13.6. The Labute approximate surface area is 128 Å². The van der Waals surface area contributed by atoms with Crippen LogP contribution in [0.3, 0.4) is 0 Å². The van der Waals surface area contributed by atoms with Gasteiger partial charge in [0.05, 0.1) is 0 Å². The molecule has 1 heterocycles. The highest BCUT2D eigenvalue weighted by atomic mass is 16.3. The molecule has 0 aliphatic rings. The Morgan fingerprint density at radius 1 is 1.05 bits per heavy atom. The van der Waals surface area contributed by atoms with Crippen LogP contribution in [-0.4, -0.2) is 12.6 Å². The van der Waals surface area contributed by atoms with Crippen molar-refractivity contribution in [2.24, 2.45) is 0 Å². The Balaban J connectivity index is 2.13. The van der Waals surface area contributed by atoms with Crippen LogP contribution in [0, 0.1) is 0 Å². The zero-order chi connectivity index (χ0) is 15.2. The second-order valence-electron chi connectivity index (χ2n) is 6.07. The summed E-state index contributed by atoms with van der Waals surface area (Å²) < 4.78 is 6.07. The molecule has 114 valence electrons. The summed E-state index contributed by atoms with van der Waals surface area (Å²) in [6.07, 6.45) is 2.10. The maximum Gasteiger partial charge on any atom is 0.134 e. The van der Waals surface area contributed by atoms with Crippen molar-refractivity contribution in [3.8, 4) is 11.3 Å². The molecule has 2 heteroatoms. The quantitative estimate of drug-likeness (QED) is 0.774. The van der Waals surface area contributed by atoms with Gasteiger partial charge in [-0.3, -0.25) is 0 Å². The SMILES string of the molecule is CCCNC(C)Cc1ccc(-c2ccccc2C(C)C)o1. The molecule has 1 atom stereocenters. The summed E-state index contributed by atoms with van der Waals surface area (Å²) in [5, 5.41) is 3.50. The van der Waals surface area contributed by atoms with Crippen molar-refractivity contribution in [1.82, 2.24) is 5.32 Å². The fraction of sp³-hybridized carbons (Fsp3) is 0.474. The minimum absolute atomic E-state index is 0.448. The lowest BCUT2D eigenvalue weighted by atomic mass is 9.96. The van der Waals surface area contributed by atoms with E-state index in [1.54, 1.807) is 0 Å². The molecule has 1 unspecified atom stereocenters. The van der Waals surface area contributed by atoms with Crippen LogP contribution in [0.5, 0.6) is 0 Å². The Hall–Kier alpha value is -1.54. The molecule has 1 N–H and O–H groups in total. The highest BCUT2D eigenvalue weighted by Crippen LogP contribution is 2.30. The number of nitrogens with one attached hydrogen (secondary N) is 1. The summed E-state index contributed by atoms with van der Waals surface area (Å²) >= 11 is 0. The third-order valence-corrected chi connectivity index (χ3v) is 3.76. The van der Waals surface area contributed by atoms with Crippen molar-refractivity contribution in [2.75, 3.05) is 6.54 Å². The van der Waals surface area contributed by atoms with Crippen LogP contribution in [-0.2, 0) is 6.42 Å². The molecular weight excluding hydrogens is 258 g/mol. The Bertz CT molecular complexity index is 556. The predicted molar refractivity (Wildman–Crippen MR) is 89.7 cm³/mol. The lowest BCUT2D eigenvalue weighted by Gasteiger charge is -2.12. The van der Waals surface area contributed by atoms with Crippen LogP contribution >= 0.6 is 0 Å². The van der Waals surface area contributed by atoms with E-state index in [-0.39, 0.29) is 0 Å². The van der Waals surface area contributed by atoms with E-state index in [0.29, 0.717) is 12.0 Å². The van der Waals surface area contributed by atoms with Gasteiger partial charge in [0, 0.05) is 18.0 Å². The Kier molecular flexibility index (Phi) is 5.63. The van der Waals surface area contributed by atoms with E-state index in [4.69, 9.17) is 4.42 Å². The van der Waals surface area contributed by atoms with Gasteiger partial charge in [-0.1, -0.05) is 45.0 Å². The third-order valence-electron chi connectivity index (χ3n) is 3.76. The highest BCUT2D eigenvalue weighted by molar-refractivity contribution is 5.63. The van der Waals surface area contributed by atoms with E-state index in [9.17, 15) is 0 Å². The molecule has 0 bridgehead atoms. The first-order chi connectivity index (χ1) is 10.1. The van der Waals surface area contributed by atoms with Crippen LogP contribution in [0.2, 0.25) is 0 Å². The number of hydrogen-bond donors (Lipinski definition) is 1. The number of furan rings is 1. The summed E-state index contributed by atoms with van der Waals surface area (Å²) in [7, 11) is 0. The highest BCUT2D eigenvalue weighted by Gasteiger charge is 2.12. The van der Waals surface area contributed by atoms with Gasteiger partial charge in [-0.25, -0.2) is 0 Å². The van der Waals surface area contributed by atoms with Crippen molar-refractivity contribution in [1.29, 1.82) is 0 Å². The first kappa shape index (κ1) is 15.8. The molecule has 2 rings (SSSR count). The van der Waals surface area contributed by atoms with Gasteiger partial charge in [-0.2, -0.15) is 0 Å². The van der Waals surface area contributed by atoms with Gasteiger partial charge in [0.2, 0.25) is 0 Å². The molecule has 0 amide bonds. The third kappa shape index (κ3) is 4.21. The van der Waals surface area contributed by atoms with Crippen molar-refractivity contribution in [3.05, 3.63) is 47.7 Å². The Morgan fingerprint density at radius 3 is 2.52 bits per heavy atom. The molecule has 2 nitrogen and oxygen atoms in total. The zero-order valence-electron chi connectivity index (χ0n) is 13.6. The van der Waals surface area contributed by atoms with Crippen molar-refractivity contribution in [3.63, 3.8) is 0 Å². The van der Waals surface area contributed by atoms with Gasteiger partial charge >= 0.3 is 0 Å². The van der Waals surface area contributed by atoms with Gasteiger partial charge in [-0.05, 0) is 43.5 Å². The van der Waals surface area contributed by atoms with E-state index >= 15 is 0 Å². The van der Waals surface area contributed by atoms with E-state index in [1.807, 2.05) is 0 Å². The maximum atomic E-state index is 6.07. The van der Waals surface area contributed by atoms with Crippen LogP contribution in [0.25, 0.3) is 11.3 Å². The molecule has 1 aromatic carbocycles. The number of rotatable bonds is 7. The molecule has 0 aliphatic carbocycles. The molecular formula is C19H27NO. The van der Waals surface area contributed by atoms with Crippen LogP contribution in [0.15, 0.2) is 40.8 Å². The van der Waals surface area contributed by atoms with Crippen LogP contribution in [0.1, 0.15) is 51.4 Å². The topological polar surface area (TPSA) is 25.2 Å². The van der Waals surface area contributed by atoms with Crippen molar-refractivity contribution >= 4 is 0 Å². The lowest BCUT2D eigenvalue weighted by Crippen LogP contribution is -2.28. The minimum Gasteiger partial charge on any atom is -0.461 e. The fourth-order valence-corrected chi connectivity index (χ4v) is 2.62. The summed E-state index contributed by atoms with van der Waals surface area (Å²) in [6, 6.07) is 13.2. The molecule has 0 saturated carbocycles. The molecule has 21 heavy (non-hydrogen) atoms. The predicted octanol–water partition coefficient (Wildman–Crippen LogP) is 5.00. The van der Waals surface area contributed by atoms with Gasteiger partial charge in [0.15, 0.2) is 0 Å². The average Bonchev–Trinajstić information content (AvgIpc) is 2.93. The molecule has 0 spiro atoms. The first-order valence-electron chi connectivity index (χ1n) is 8.03. The van der Waals surface area contributed by atoms with Crippen LogP contribution in [0.4, 0.5) is 0 Å². The Morgan fingerprint density at radius 2 is 1.81 bits per heavy atom. The summed E-state index contributed by atoms with van der Waals surface area (Å²) in [6.45, 7) is 9.90. The molecule has 0 fully saturated rings. The molecule has 0 aliphatic heterocycles. The van der Waals surface area contributed by atoms with Crippen molar-refractivity contribution in [2.45, 2.75) is 52.5 Å². The molecule has 0 saturated heterocycles. The normalized spacial score (nSPS) is 12.8. The standard InChI is InChI=1S/C19H27NO/c1-5-12-20-15(4)13-16-10-11-19(21-16)18-9-7-6-8-17(18)14(2)3/h6-11,14-15,20H,5,12-13H2,1-4H3. The van der Waals surface area contributed by atoms with Gasteiger partial charge < -0.3 is 9.73 Å². The second kappa shape index (κ2) is 7.46. The van der Waals surface area contributed by atoms with Gasteiger partial charge in [-0.15, -0.1) is 0 Å². The average molecular weight is 285 g/mol. The van der Waals surface area contributed by atoms with E-state index in [0.717, 1.165) is 30.9 Å². The molecule has 1 aromatic heterocycles. The lowest BCUT2D eigenvalue weighted by molar-refractivity contribution is 0.464. The van der Waals surface area contributed by atoms with Gasteiger partial charge in [0.25, 0.3) is 0 Å². The van der Waals surface area contributed by atoms with E-state index in [2.05, 4.69) is 69.4 Å². The smallest absolute Gasteiger partial charge is 0.134 e. The monoisotopic (exact) mass is 285 g/mol. The first-order valence-corrected chi connectivity index (χ1v) is 8.03. The number of hydrogen-bond acceptors (Lipinski definition) is 2. The summed E-state index contributed by atoms with van der Waals surface area (Å²) in [5.74, 6) is 2.54. The largest absolute Gasteiger partial charge is 0.461 e. The second-order valence-corrected chi connectivity index (χ2v) is 6.07. The van der Waals surface area contributed by atoms with Gasteiger partial charge in [0.1, 0.15) is 11.5 Å². The molecule has 2 aromatic rings. The minimum atomic E-state index is 0.448. The fourth-order valence-electron chi connectivity index (χ4n) is 2.62. The van der Waals surface area contributed by atoms with E-state index in [1.165, 1.54) is 11.1 Å². The number of benzene rings is 1. The van der Waals surface area contributed by atoms with Crippen LogP contribution < -0.4 is 5.32 Å². The van der Waals surface area contributed by atoms with Crippen molar-refractivity contribution < 1.29 is 4.42 Å². The summed E-state index contributed by atoms with van der Waals surface area (Å²) in [4.78, 5) is 0.